The van der Waals surface area contributed by atoms with Crippen LogP contribution in [0.25, 0.3) is 0 Å². The minimum atomic E-state index is -0.0276. The van der Waals surface area contributed by atoms with Gasteiger partial charge in [-0.15, -0.1) is 0 Å². The summed E-state index contributed by atoms with van der Waals surface area (Å²) < 4.78 is 0. The van der Waals surface area contributed by atoms with E-state index in [1.807, 2.05) is 75.6 Å². The number of likely N-dealkylation sites (N-methyl/N-ethyl adjacent to an activating group) is 1. The van der Waals surface area contributed by atoms with Crippen LogP contribution in [-0.2, 0) is 6.42 Å². The fourth-order valence-corrected chi connectivity index (χ4v) is 2.55. The number of hydrogen-bond donors (Lipinski definition) is 1. The van der Waals surface area contributed by atoms with E-state index >= 15 is 0 Å². The molecule has 0 fully saturated rings. The molecule has 0 aliphatic carbocycles. The standard InChI is InChI=1S/C20H27N3O/c1-22(2)18-12-10-17(11-13-18)20(24)21-15-19(23(3)4)14-16-8-6-5-7-9-16/h5-13,19H,14-15H2,1-4H3,(H,21,24). The zero-order valence-corrected chi connectivity index (χ0v) is 15.0. The van der Waals surface area contributed by atoms with Gasteiger partial charge in [0, 0.05) is 37.9 Å². The second-order valence-corrected chi connectivity index (χ2v) is 6.46. The van der Waals surface area contributed by atoms with Gasteiger partial charge in [-0.2, -0.15) is 0 Å². The van der Waals surface area contributed by atoms with Gasteiger partial charge in [0.15, 0.2) is 0 Å². The minimum absolute atomic E-state index is 0.0276. The molecule has 0 aliphatic heterocycles. The third-order valence-corrected chi connectivity index (χ3v) is 4.19. The van der Waals surface area contributed by atoms with Crippen LogP contribution in [0, 0.1) is 0 Å². The number of anilines is 1. The summed E-state index contributed by atoms with van der Waals surface area (Å²) in [6.07, 6.45) is 0.910. The van der Waals surface area contributed by atoms with Crippen molar-refractivity contribution in [1.29, 1.82) is 0 Å². The van der Waals surface area contributed by atoms with E-state index in [0.29, 0.717) is 12.1 Å². The van der Waals surface area contributed by atoms with Gasteiger partial charge in [0.25, 0.3) is 5.91 Å². The molecule has 0 saturated carbocycles. The van der Waals surface area contributed by atoms with Gasteiger partial charge in [0.1, 0.15) is 0 Å². The predicted molar refractivity (Wildman–Crippen MR) is 101 cm³/mol. The van der Waals surface area contributed by atoms with Gasteiger partial charge in [-0.05, 0) is 50.3 Å². The fourth-order valence-electron chi connectivity index (χ4n) is 2.55. The van der Waals surface area contributed by atoms with Gasteiger partial charge < -0.3 is 15.1 Å². The van der Waals surface area contributed by atoms with Crippen LogP contribution in [0.4, 0.5) is 5.69 Å². The van der Waals surface area contributed by atoms with E-state index in [9.17, 15) is 4.79 Å². The Morgan fingerprint density at radius 1 is 0.958 bits per heavy atom. The van der Waals surface area contributed by atoms with Gasteiger partial charge >= 0.3 is 0 Å². The Bertz CT molecular complexity index is 636. The molecule has 2 rings (SSSR count). The largest absolute Gasteiger partial charge is 0.378 e. The maximum Gasteiger partial charge on any atom is 0.251 e. The lowest BCUT2D eigenvalue weighted by molar-refractivity contribution is 0.0941. The van der Waals surface area contributed by atoms with E-state index < -0.39 is 0 Å². The van der Waals surface area contributed by atoms with Crippen LogP contribution in [-0.4, -0.2) is 51.6 Å². The highest BCUT2D eigenvalue weighted by atomic mass is 16.1. The van der Waals surface area contributed by atoms with Gasteiger partial charge in [0.2, 0.25) is 0 Å². The van der Waals surface area contributed by atoms with Gasteiger partial charge in [-0.1, -0.05) is 30.3 Å². The van der Waals surface area contributed by atoms with Gasteiger partial charge in [-0.3, -0.25) is 4.79 Å². The Kier molecular flexibility index (Phi) is 6.38. The summed E-state index contributed by atoms with van der Waals surface area (Å²) in [5.41, 5.74) is 3.06. The summed E-state index contributed by atoms with van der Waals surface area (Å²) in [5.74, 6) is -0.0276. The van der Waals surface area contributed by atoms with Crippen molar-refractivity contribution in [3.63, 3.8) is 0 Å². The van der Waals surface area contributed by atoms with E-state index in [1.54, 1.807) is 0 Å². The molecule has 4 heteroatoms. The molecule has 1 amide bonds. The molecule has 0 radical (unpaired) electrons. The molecular formula is C20H27N3O. The minimum Gasteiger partial charge on any atom is -0.378 e. The normalized spacial score (nSPS) is 12.0. The Labute approximate surface area is 145 Å². The summed E-state index contributed by atoms with van der Waals surface area (Å²) >= 11 is 0. The van der Waals surface area contributed by atoms with Crippen molar-refractivity contribution in [2.24, 2.45) is 0 Å². The Morgan fingerprint density at radius 3 is 2.12 bits per heavy atom. The number of benzene rings is 2. The van der Waals surface area contributed by atoms with E-state index in [2.05, 4.69) is 22.3 Å². The van der Waals surface area contributed by atoms with E-state index in [4.69, 9.17) is 0 Å². The number of rotatable bonds is 7. The van der Waals surface area contributed by atoms with Crippen molar-refractivity contribution in [2.45, 2.75) is 12.5 Å². The Balaban J connectivity index is 1.94. The molecule has 0 aliphatic rings. The van der Waals surface area contributed by atoms with E-state index in [0.717, 1.165) is 12.1 Å². The highest BCUT2D eigenvalue weighted by Crippen LogP contribution is 2.12. The number of carbonyl (C=O) groups excluding carboxylic acids is 1. The van der Waals surface area contributed by atoms with Gasteiger partial charge in [-0.25, -0.2) is 0 Å². The molecule has 0 heterocycles. The first-order valence-corrected chi connectivity index (χ1v) is 8.23. The molecule has 2 aromatic carbocycles. The quantitative estimate of drug-likeness (QED) is 0.850. The number of carbonyl (C=O) groups is 1. The number of nitrogens with one attached hydrogen (secondary N) is 1. The molecule has 24 heavy (non-hydrogen) atoms. The molecule has 1 atom stereocenters. The monoisotopic (exact) mass is 325 g/mol. The first kappa shape index (κ1) is 18.0. The Morgan fingerprint density at radius 2 is 1.58 bits per heavy atom. The average molecular weight is 325 g/mol. The lowest BCUT2D eigenvalue weighted by Crippen LogP contribution is -2.41. The first-order chi connectivity index (χ1) is 11.5. The average Bonchev–Trinajstić information content (AvgIpc) is 2.59. The van der Waals surface area contributed by atoms with Crippen molar-refractivity contribution in [3.8, 4) is 0 Å². The molecular weight excluding hydrogens is 298 g/mol. The molecule has 0 saturated heterocycles. The lowest BCUT2D eigenvalue weighted by Gasteiger charge is -2.25. The second-order valence-electron chi connectivity index (χ2n) is 6.46. The predicted octanol–water partition coefficient (Wildman–Crippen LogP) is 2.66. The van der Waals surface area contributed by atoms with Crippen LogP contribution in [0.3, 0.4) is 0 Å². The molecule has 0 bridgehead atoms. The van der Waals surface area contributed by atoms with Crippen molar-refractivity contribution in [3.05, 3.63) is 65.7 Å². The molecule has 0 spiro atoms. The van der Waals surface area contributed by atoms with Crippen molar-refractivity contribution >= 4 is 11.6 Å². The molecule has 2 aromatic rings. The zero-order valence-electron chi connectivity index (χ0n) is 15.0. The summed E-state index contributed by atoms with van der Waals surface area (Å²) in [6, 6.07) is 18.3. The molecule has 1 N–H and O–H groups in total. The van der Waals surface area contributed by atoms with Crippen LogP contribution in [0.5, 0.6) is 0 Å². The van der Waals surface area contributed by atoms with Crippen LogP contribution < -0.4 is 10.2 Å². The van der Waals surface area contributed by atoms with Crippen LogP contribution in [0.2, 0.25) is 0 Å². The number of hydrogen-bond acceptors (Lipinski definition) is 3. The van der Waals surface area contributed by atoms with Crippen molar-refractivity contribution in [1.82, 2.24) is 10.2 Å². The first-order valence-electron chi connectivity index (χ1n) is 8.23. The number of amides is 1. The fraction of sp³-hybridized carbons (Fsp3) is 0.350. The maximum atomic E-state index is 12.4. The Hall–Kier alpha value is -2.33. The zero-order chi connectivity index (χ0) is 17.5. The second kappa shape index (κ2) is 8.50. The smallest absolute Gasteiger partial charge is 0.251 e. The van der Waals surface area contributed by atoms with Crippen LogP contribution in [0.15, 0.2) is 54.6 Å². The third-order valence-electron chi connectivity index (χ3n) is 4.19. The summed E-state index contributed by atoms with van der Waals surface area (Å²) in [4.78, 5) is 16.5. The third kappa shape index (κ3) is 5.10. The van der Waals surface area contributed by atoms with Gasteiger partial charge in [0.05, 0.1) is 0 Å². The van der Waals surface area contributed by atoms with E-state index in [1.165, 1.54) is 5.56 Å². The highest BCUT2D eigenvalue weighted by Gasteiger charge is 2.14. The lowest BCUT2D eigenvalue weighted by atomic mass is 10.0. The SMILES string of the molecule is CN(C)c1ccc(C(=O)NCC(Cc2ccccc2)N(C)C)cc1. The summed E-state index contributed by atoms with van der Waals surface area (Å²) in [5, 5.41) is 3.06. The van der Waals surface area contributed by atoms with Crippen molar-refractivity contribution in [2.75, 3.05) is 39.6 Å². The summed E-state index contributed by atoms with van der Waals surface area (Å²) in [7, 11) is 8.07. The maximum absolute atomic E-state index is 12.4. The van der Waals surface area contributed by atoms with Crippen molar-refractivity contribution < 1.29 is 4.79 Å². The van der Waals surface area contributed by atoms with Crippen LogP contribution >= 0.6 is 0 Å². The number of nitrogens with zero attached hydrogens (tertiary/aromatic N) is 2. The molecule has 4 nitrogen and oxygen atoms in total. The van der Waals surface area contributed by atoms with E-state index in [-0.39, 0.29) is 11.9 Å². The molecule has 0 aromatic heterocycles. The van der Waals surface area contributed by atoms with Crippen LogP contribution in [0.1, 0.15) is 15.9 Å². The molecule has 128 valence electrons. The topological polar surface area (TPSA) is 35.6 Å². The highest BCUT2D eigenvalue weighted by molar-refractivity contribution is 5.94. The molecule has 1 unspecified atom stereocenters. The summed E-state index contributed by atoms with van der Waals surface area (Å²) in [6.45, 7) is 0.621.